The Morgan fingerprint density at radius 1 is 1.02 bits per heavy atom. The number of hydrogen-bond acceptors (Lipinski definition) is 6. The van der Waals surface area contributed by atoms with Crippen LogP contribution in [0.15, 0.2) is 78.2 Å². The third-order valence-corrected chi connectivity index (χ3v) is 12.9. The Morgan fingerprint density at radius 2 is 1.76 bits per heavy atom. The molecule has 2 unspecified atom stereocenters. The van der Waals surface area contributed by atoms with E-state index in [0.29, 0.717) is 12.0 Å². The Balaban J connectivity index is 1.10. The molecule has 9 nitrogen and oxygen atoms in total. The van der Waals surface area contributed by atoms with Crippen molar-refractivity contribution in [2.45, 2.75) is 57.7 Å². The Morgan fingerprint density at radius 3 is 2.53 bits per heavy atom. The minimum Gasteiger partial charge on any atom is -0.497 e. The van der Waals surface area contributed by atoms with E-state index < -0.39 is 0 Å². The molecule has 0 amide bonds. The number of esters is 2. The zero-order valence-electron chi connectivity index (χ0n) is 29.8. The lowest BCUT2D eigenvalue weighted by Crippen LogP contribution is -3.11. The number of piperidine rings is 2. The first kappa shape index (κ1) is 32.3. The molecule has 4 aromatic rings. The van der Waals surface area contributed by atoms with Crippen molar-refractivity contribution in [1.29, 1.82) is 0 Å². The van der Waals surface area contributed by atoms with Gasteiger partial charge in [0.15, 0.2) is 0 Å². The molecule has 7 heterocycles. The van der Waals surface area contributed by atoms with Gasteiger partial charge in [-0.3, -0.25) is 9.69 Å². The second-order valence-corrected chi connectivity index (χ2v) is 15.2. The van der Waals surface area contributed by atoms with E-state index in [0.717, 1.165) is 44.4 Å². The average Bonchev–Trinajstić information content (AvgIpc) is 3.75. The van der Waals surface area contributed by atoms with Crippen molar-refractivity contribution in [3.05, 3.63) is 101 Å². The summed E-state index contributed by atoms with van der Waals surface area (Å²) in [7, 11) is 2.97. The summed E-state index contributed by atoms with van der Waals surface area (Å²) in [6.07, 6.45) is 9.51. The van der Waals surface area contributed by atoms with Crippen LogP contribution < -0.4 is 4.90 Å². The molecule has 0 spiro atoms. The van der Waals surface area contributed by atoms with Gasteiger partial charge in [0.2, 0.25) is 0 Å². The predicted molar refractivity (Wildman–Crippen MR) is 195 cm³/mol. The summed E-state index contributed by atoms with van der Waals surface area (Å²) in [5.74, 6) is -0.571. The van der Waals surface area contributed by atoms with Gasteiger partial charge in [0, 0.05) is 64.1 Å². The summed E-state index contributed by atoms with van der Waals surface area (Å²) in [5, 5.41) is 2.49. The number of aromatic amines is 2. The Hall–Kier alpha value is -4.60. The van der Waals surface area contributed by atoms with Crippen LogP contribution in [-0.2, 0) is 30.2 Å². The number of allylic oxidation sites excluding steroid dienone is 2. The molecule has 264 valence electrons. The molecular weight excluding hydrogens is 640 g/mol. The number of fused-ring (bicyclic) bond motifs is 11. The van der Waals surface area contributed by atoms with E-state index in [1.807, 2.05) is 0 Å². The number of H-pyrrole nitrogens is 2. The predicted octanol–water partition coefficient (Wildman–Crippen LogP) is 5.79. The minimum atomic E-state index is -0.342. The third kappa shape index (κ3) is 5.11. The lowest BCUT2D eigenvalue weighted by molar-refractivity contribution is -0.894. The van der Waals surface area contributed by atoms with Crippen LogP contribution in [0, 0.1) is 23.7 Å². The number of ether oxygens (including phenoxy) is 3. The van der Waals surface area contributed by atoms with Gasteiger partial charge in [-0.1, -0.05) is 48.0 Å². The second-order valence-electron chi connectivity index (χ2n) is 15.2. The van der Waals surface area contributed by atoms with Crippen LogP contribution in [0.5, 0.6) is 0 Å². The number of nitrogens with zero attached hydrogens (tertiary/aromatic N) is 1. The Kier molecular flexibility index (Phi) is 7.96. The fraction of sp³-hybridized carbons (Fsp3) is 0.429. The SMILES string of the molecule is C/C=C1/CN2CCc3c([nH]c4ccccc34)[C@@H]2C[C@@H]1[C@H](CC1=C[NH+]2C[C@H]3[C@H](C)OC=C(C(=O)OC)[C@H]3CC2c2[nH]c3ccccc3c21)C(=O)OC. The van der Waals surface area contributed by atoms with Gasteiger partial charge >= 0.3 is 11.9 Å². The molecule has 5 aliphatic rings. The van der Waals surface area contributed by atoms with Gasteiger partial charge in [-0.15, -0.1) is 0 Å². The van der Waals surface area contributed by atoms with E-state index >= 15 is 0 Å². The summed E-state index contributed by atoms with van der Waals surface area (Å²) in [6, 6.07) is 17.5. The molecular formula is C42H47N4O5+. The number of benzene rings is 2. The second kappa shape index (κ2) is 12.6. The number of aromatic nitrogens is 2. The molecule has 0 saturated carbocycles. The van der Waals surface area contributed by atoms with Gasteiger partial charge in [-0.25, -0.2) is 4.79 Å². The number of quaternary nitrogens is 1. The van der Waals surface area contributed by atoms with Crippen molar-refractivity contribution < 1.29 is 28.7 Å². The smallest absolute Gasteiger partial charge is 0.337 e. The van der Waals surface area contributed by atoms with Crippen LogP contribution in [0.1, 0.15) is 67.7 Å². The van der Waals surface area contributed by atoms with Gasteiger partial charge in [-0.2, -0.15) is 0 Å². The third-order valence-electron chi connectivity index (χ3n) is 12.9. The van der Waals surface area contributed by atoms with E-state index in [9.17, 15) is 9.59 Å². The summed E-state index contributed by atoms with van der Waals surface area (Å²) in [4.78, 5) is 38.5. The molecule has 9 heteroatoms. The number of nitrogens with one attached hydrogen (secondary N) is 3. The maximum Gasteiger partial charge on any atom is 0.337 e. The van der Waals surface area contributed by atoms with Crippen molar-refractivity contribution in [1.82, 2.24) is 14.9 Å². The first-order chi connectivity index (χ1) is 24.9. The van der Waals surface area contributed by atoms with Crippen LogP contribution in [0.2, 0.25) is 0 Å². The lowest BCUT2D eigenvalue weighted by Gasteiger charge is -2.46. The number of hydrogen-bond donors (Lipinski definition) is 3. The largest absolute Gasteiger partial charge is 0.497 e. The van der Waals surface area contributed by atoms with Crippen LogP contribution in [0.25, 0.3) is 27.4 Å². The van der Waals surface area contributed by atoms with Crippen LogP contribution in [-0.4, -0.2) is 66.8 Å². The number of carbonyl (C=O) groups excluding carboxylic acids is 2. The summed E-state index contributed by atoms with van der Waals surface area (Å²) < 4.78 is 16.9. The zero-order valence-corrected chi connectivity index (χ0v) is 29.8. The highest BCUT2D eigenvalue weighted by Crippen LogP contribution is 2.49. The minimum absolute atomic E-state index is 0.0203. The molecule has 2 aromatic carbocycles. The number of carbonyl (C=O) groups is 2. The Bertz CT molecular complexity index is 2140. The maximum atomic E-state index is 14.1. The Labute approximate surface area is 298 Å². The van der Waals surface area contributed by atoms with Gasteiger partial charge in [0.1, 0.15) is 12.1 Å². The molecule has 51 heavy (non-hydrogen) atoms. The molecule has 0 bridgehead atoms. The molecule has 0 aliphatic carbocycles. The molecule has 2 saturated heterocycles. The van der Waals surface area contributed by atoms with E-state index in [4.69, 9.17) is 14.2 Å². The topological polar surface area (TPSA) is 101 Å². The van der Waals surface area contributed by atoms with Gasteiger partial charge in [0.25, 0.3) is 0 Å². The van der Waals surface area contributed by atoms with E-state index in [2.05, 4.69) is 89.5 Å². The average molecular weight is 688 g/mol. The van der Waals surface area contributed by atoms with Gasteiger partial charge in [-0.05, 0) is 56.7 Å². The monoisotopic (exact) mass is 687 g/mol. The van der Waals surface area contributed by atoms with Gasteiger partial charge < -0.3 is 29.1 Å². The summed E-state index contributed by atoms with van der Waals surface area (Å²) >= 11 is 0. The van der Waals surface area contributed by atoms with Crippen molar-refractivity contribution in [2.24, 2.45) is 23.7 Å². The maximum absolute atomic E-state index is 14.1. The number of para-hydroxylation sites is 2. The fourth-order valence-corrected chi connectivity index (χ4v) is 10.4. The first-order valence-corrected chi connectivity index (χ1v) is 18.6. The van der Waals surface area contributed by atoms with Crippen molar-refractivity contribution in [3.8, 4) is 0 Å². The first-order valence-electron chi connectivity index (χ1n) is 18.6. The van der Waals surface area contributed by atoms with E-state index in [1.54, 1.807) is 6.26 Å². The van der Waals surface area contributed by atoms with Crippen molar-refractivity contribution in [3.63, 3.8) is 0 Å². The zero-order chi connectivity index (χ0) is 35.0. The number of methoxy groups -OCH3 is 2. The standard InChI is InChI=1S/C42H46N4O5/c1-5-24-19-45-15-14-27-26-10-6-8-12-34(26)43-39(27)36(45)17-29(24)31(41(47)49-3)16-25-20-46-21-32-23(2)51-22-33(42(48)50-4)30(32)18-37(46)40-38(25)28-11-7-9-13-35(28)44-40/h5-13,20,22-23,29-32,36-37,43-44H,14-19,21H2,1-4H3/p+1/b24-5-/t23-,29-,30-,31-,32-,36-,37?/m0/s1. The van der Waals surface area contributed by atoms with Crippen LogP contribution in [0.4, 0.5) is 0 Å². The molecule has 8 atom stereocenters. The quantitative estimate of drug-likeness (QED) is 0.182. The van der Waals surface area contributed by atoms with Crippen molar-refractivity contribution in [2.75, 3.05) is 33.9 Å². The molecule has 2 fully saturated rings. The summed E-state index contributed by atoms with van der Waals surface area (Å²) in [6.45, 7) is 6.90. The molecule has 2 aromatic heterocycles. The summed E-state index contributed by atoms with van der Waals surface area (Å²) in [5.41, 5.74) is 10.5. The van der Waals surface area contributed by atoms with Crippen LogP contribution >= 0.6 is 0 Å². The van der Waals surface area contributed by atoms with E-state index in [-0.39, 0.29) is 53.8 Å². The molecule has 3 N–H and O–H groups in total. The van der Waals surface area contributed by atoms with Crippen molar-refractivity contribution >= 4 is 39.3 Å². The lowest BCUT2D eigenvalue weighted by atomic mass is 9.70. The molecule has 9 rings (SSSR count). The van der Waals surface area contributed by atoms with Crippen LogP contribution in [0.3, 0.4) is 0 Å². The fourth-order valence-electron chi connectivity index (χ4n) is 10.4. The van der Waals surface area contributed by atoms with Gasteiger partial charge in [0.05, 0.1) is 62.4 Å². The highest BCUT2D eigenvalue weighted by atomic mass is 16.5. The molecule has 0 radical (unpaired) electrons. The highest BCUT2D eigenvalue weighted by molar-refractivity contribution is 5.95. The number of rotatable bonds is 5. The normalized spacial score (nSPS) is 29.8. The van der Waals surface area contributed by atoms with E-state index in [1.165, 1.54) is 69.1 Å². The molecule has 5 aliphatic heterocycles. The highest BCUT2D eigenvalue weighted by Gasteiger charge is 2.51.